The van der Waals surface area contributed by atoms with Gasteiger partial charge in [0.05, 0.1) is 5.02 Å². The average Bonchev–Trinajstić information content (AvgIpc) is 3.36. The van der Waals surface area contributed by atoms with E-state index in [2.05, 4.69) is 25.4 Å². The van der Waals surface area contributed by atoms with Gasteiger partial charge in [-0.1, -0.05) is 53.7 Å². The zero-order valence-electron chi connectivity index (χ0n) is 15.9. The Balaban J connectivity index is 1.42. The van der Waals surface area contributed by atoms with Gasteiger partial charge in [0.2, 0.25) is 5.95 Å². The molecule has 0 saturated carbocycles. The van der Waals surface area contributed by atoms with E-state index < -0.39 is 0 Å². The first-order valence-electron chi connectivity index (χ1n) is 9.16. The molecule has 0 fully saturated rings. The highest BCUT2D eigenvalue weighted by atomic mass is 35.5. The Morgan fingerprint density at radius 1 is 1.00 bits per heavy atom. The molecule has 0 radical (unpaired) electrons. The molecule has 5 rings (SSSR count). The van der Waals surface area contributed by atoms with E-state index in [1.807, 2.05) is 66.3 Å². The van der Waals surface area contributed by atoms with Crippen molar-refractivity contribution in [3.05, 3.63) is 78.3 Å². The molecule has 0 aliphatic rings. The van der Waals surface area contributed by atoms with E-state index >= 15 is 0 Å². The van der Waals surface area contributed by atoms with Gasteiger partial charge in [0, 0.05) is 48.0 Å². The van der Waals surface area contributed by atoms with Crippen molar-refractivity contribution in [1.82, 2.24) is 29.1 Å². The summed E-state index contributed by atoms with van der Waals surface area (Å²) in [6.45, 7) is 0. The second-order valence-electron chi connectivity index (χ2n) is 6.54. The van der Waals surface area contributed by atoms with E-state index in [0.717, 1.165) is 27.0 Å². The molecule has 0 spiro atoms. The first-order chi connectivity index (χ1) is 14.7. The third kappa shape index (κ3) is 3.62. The number of benzene rings is 2. The maximum atomic E-state index is 6.49. The fraction of sp³-hybridized carbons (Fsp3) is 0.0476. The van der Waals surface area contributed by atoms with Crippen LogP contribution in [0.3, 0.4) is 0 Å². The van der Waals surface area contributed by atoms with Crippen molar-refractivity contribution in [3.8, 4) is 11.3 Å². The van der Waals surface area contributed by atoms with Crippen LogP contribution < -0.4 is 5.32 Å². The van der Waals surface area contributed by atoms with E-state index in [-0.39, 0.29) is 0 Å². The molecule has 2 aromatic carbocycles. The second kappa shape index (κ2) is 7.81. The van der Waals surface area contributed by atoms with Crippen LogP contribution in [-0.4, -0.2) is 29.1 Å². The summed E-state index contributed by atoms with van der Waals surface area (Å²) in [6.07, 6.45) is 7.16. The van der Waals surface area contributed by atoms with Crippen molar-refractivity contribution in [2.45, 2.75) is 10.1 Å². The molecule has 0 aliphatic carbocycles. The minimum absolute atomic E-state index is 0.473. The van der Waals surface area contributed by atoms with Gasteiger partial charge in [-0.2, -0.15) is 4.98 Å². The number of nitrogens with zero attached hydrogens (tertiary/aromatic N) is 6. The van der Waals surface area contributed by atoms with Gasteiger partial charge in [-0.15, -0.1) is 5.10 Å². The molecule has 9 heteroatoms. The van der Waals surface area contributed by atoms with Gasteiger partial charge >= 0.3 is 0 Å². The quantitative estimate of drug-likeness (QED) is 0.417. The lowest BCUT2D eigenvalue weighted by Gasteiger charge is -2.07. The SMILES string of the molecule is Cn1ccnc1Sc1ccc(Nc2nc3c(-c4ccccc4)nccn3n2)cc1Cl. The Labute approximate surface area is 181 Å². The molecule has 1 N–H and O–H groups in total. The van der Waals surface area contributed by atoms with E-state index in [1.165, 1.54) is 11.8 Å². The van der Waals surface area contributed by atoms with Crippen LogP contribution in [-0.2, 0) is 7.05 Å². The summed E-state index contributed by atoms with van der Waals surface area (Å²) in [4.78, 5) is 14.4. The predicted octanol–water partition coefficient (Wildman–Crippen LogP) is 5.07. The van der Waals surface area contributed by atoms with E-state index in [4.69, 9.17) is 11.6 Å². The lowest BCUT2D eigenvalue weighted by Crippen LogP contribution is -1.94. The number of hydrogen-bond acceptors (Lipinski definition) is 6. The summed E-state index contributed by atoms with van der Waals surface area (Å²) in [5.41, 5.74) is 3.24. The molecule has 7 nitrogen and oxygen atoms in total. The first kappa shape index (κ1) is 18.7. The van der Waals surface area contributed by atoms with E-state index in [1.54, 1.807) is 23.1 Å². The molecule has 5 aromatic rings. The number of imidazole rings is 1. The van der Waals surface area contributed by atoms with Crippen LogP contribution in [0.1, 0.15) is 0 Å². The largest absolute Gasteiger partial charge is 0.329 e. The van der Waals surface area contributed by atoms with Gasteiger partial charge in [-0.25, -0.2) is 9.50 Å². The summed E-state index contributed by atoms with van der Waals surface area (Å²) in [5, 5.41) is 9.24. The Hall–Kier alpha value is -3.36. The molecule has 148 valence electrons. The molecule has 30 heavy (non-hydrogen) atoms. The van der Waals surface area contributed by atoms with Gasteiger partial charge in [0.15, 0.2) is 10.8 Å². The minimum Gasteiger partial charge on any atom is -0.329 e. The highest BCUT2D eigenvalue weighted by molar-refractivity contribution is 7.99. The molecule has 0 saturated heterocycles. The number of aryl methyl sites for hydroxylation is 1. The molecular weight excluding hydrogens is 418 g/mol. The number of anilines is 2. The molecular formula is C21H16ClN7S. The Bertz CT molecular complexity index is 1330. The lowest BCUT2D eigenvalue weighted by atomic mass is 10.1. The standard InChI is InChI=1S/C21H16ClN7S/c1-28-11-9-24-21(28)30-17-8-7-15(13-16(17)22)25-20-26-19-18(14-5-3-2-4-6-14)23-10-12-29(19)27-20/h2-13H,1H3,(H,25,27). The van der Waals surface area contributed by atoms with Crippen LogP contribution in [0.25, 0.3) is 16.9 Å². The van der Waals surface area contributed by atoms with Crippen molar-refractivity contribution in [1.29, 1.82) is 0 Å². The number of rotatable bonds is 5. The van der Waals surface area contributed by atoms with E-state index in [9.17, 15) is 0 Å². The molecule has 0 unspecified atom stereocenters. The zero-order chi connectivity index (χ0) is 20.5. The second-order valence-corrected chi connectivity index (χ2v) is 7.95. The fourth-order valence-corrected chi connectivity index (χ4v) is 4.11. The molecule has 0 amide bonds. The third-order valence-electron chi connectivity index (χ3n) is 4.47. The monoisotopic (exact) mass is 433 g/mol. The average molecular weight is 434 g/mol. The summed E-state index contributed by atoms with van der Waals surface area (Å²) >= 11 is 8.01. The summed E-state index contributed by atoms with van der Waals surface area (Å²) in [6, 6.07) is 15.7. The third-order valence-corrected chi connectivity index (χ3v) is 6.04. The predicted molar refractivity (Wildman–Crippen MR) is 118 cm³/mol. The maximum Gasteiger partial charge on any atom is 0.247 e. The molecule has 0 aliphatic heterocycles. The van der Waals surface area contributed by atoms with Crippen LogP contribution in [0.5, 0.6) is 0 Å². The van der Waals surface area contributed by atoms with Gasteiger partial charge in [0.1, 0.15) is 5.69 Å². The van der Waals surface area contributed by atoms with Crippen LogP contribution in [0.15, 0.2) is 83.4 Å². The number of halogens is 1. The van der Waals surface area contributed by atoms with Crippen LogP contribution >= 0.6 is 23.4 Å². The van der Waals surface area contributed by atoms with Gasteiger partial charge in [0.25, 0.3) is 0 Å². The van der Waals surface area contributed by atoms with Crippen molar-refractivity contribution < 1.29 is 0 Å². The Morgan fingerprint density at radius 2 is 1.83 bits per heavy atom. The Morgan fingerprint density at radius 3 is 2.60 bits per heavy atom. The number of fused-ring (bicyclic) bond motifs is 1. The number of nitrogens with one attached hydrogen (secondary N) is 1. The molecule has 0 atom stereocenters. The zero-order valence-corrected chi connectivity index (χ0v) is 17.5. The molecule has 3 aromatic heterocycles. The lowest BCUT2D eigenvalue weighted by molar-refractivity contribution is 0.790. The minimum atomic E-state index is 0.473. The first-order valence-corrected chi connectivity index (χ1v) is 10.4. The highest BCUT2D eigenvalue weighted by Gasteiger charge is 2.12. The van der Waals surface area contributed by atoms with Crippen molar-refractivity contribution >= 4 is 40.6 Å². The topological polar surface area (TPSA) is 72.9 Å². The molecule has 0 bridgehead atoms. The Kier molecular flexibility index (Phi) is 4.86. The van der Waals surface area contributed by atoms with Crippen LogP contribution in [0.4, 0.5) is 11.6 Å². The fourth-order valence-electron chi connectivity index (χ4n) is 3.01. The van der Waals surface area contributed by atoms with Gasteiger partial charge < -0.3 is 9.88 Å². The smallest absolute Gasteiger partial charge is 0.247 e. The number of aromatic nitrogens is 6. The summed E-state index contributed by atoms with van der Waals surface area (Å²) < 4.78 is 3.66. The van der Waals surface area contributed by atoms with Crippen molar-refractivity contribution in [2.75, 3.05) is 5.32 Å². The maximum absolute atomic E-state index is 6.49. The normalized spacial score (nSPS) is 11.1. The van der Waals surface area contributed by atoms with Gasteiger partial charge in [-0.05, 0) is 18.2 Å². The van der Waals surface area contributed by atoms with Crippen molar-refractivity contribution in [3.63, 3.8) is 0 Å². The summed E-state index contributed by atoms with van der Waals surface area (Å²) in [7, 11) is 1.95. The van der Waals surface area contributed by atoms with Crippen LogP contribution in [0.2, 0.25) is 5.02 Å². The van der Waals surface area contributed by atoms with Gasteiger partial charge in [-0.3, -0.25) is 4.98 Å². The summed E-state index contributed by atoms with van der Waals surface area (Å²) in [5.74, 6) is 0.473. The van der Waals surface area contributed by atoms with E-state index in [0.29, 0.717) is 16.6 Å². The highest BCUT2D eigenvalue weighted by Crippen LogP contribution is 2.34. The van der Waals surface area contributed by atoms with Crippen LogP contribution in [0, 0.1) is 0 Å². The number of hydrogen-bond donors (Lipinski definition) is 1. The molecule has 3 heterocycles. The van der Waals surface area contributed by atoms with Crippen molar-refractivity contribution in [2.24, 2.45) is 7.05 Å².